The zero-order valence-electron chi connectivity index (χ0n) is 20.4. The number of thiazole rings is 1. The summed E-state index contributed by atoms with van der Waals surface area (Å²) in [5.74, 6) is 0.500. The van der Waals surface area contributed by atoms with E-state index in [2.05, 4.69) is 21.4 Å². The highest BCUT2D eigenvalue weighted by Gasteiger charge is 2.17. The second-order valence-electron chi connectivity index (χ2n) is 8.67. The Hall–Kier alpha value is -3.89. The third-order valence-corrected chi connectivity index (χ3v) is 8.52. The van der Waals surface area contributed by atoms with Crippen molar-refractivity contribution in [1.29, 1.82) is 0 Å². The molecule has 37 heavy (non-hydrogen) atoms. The highest BCUT2D eigenvalue weighted by molar-refractivity contribution is 7.91. The number of aryl methyl sites for hydroxylation is 1. The smallest absolute Gasteiger partial charge is 0.230 e. The molecule has 0 aliphatic carbocycles. The fourth-order valence-corrected chi connectivity index (χ4v) is 6.10. The molecule has 0 aliphatic heterocycles. The minimum atomic E-state index is -3.31. The topological polar surface area (TPSA) is 107 Å². The summed E-state index contributed by atoms with van der Waals surface area (Å²) in [6.45, 7) is 3.74. The molecule has 0 atom stereocenters. The van der Waals surface area contributed by atoms with Gasteiger partial charge in [-0.3, -0.25) is 4.79 Å². The number of anilines is 1. The third-order valence-electron chi connectivity index (χ3n) is 5.79. The van der Waals surface area contributed by atoms with Crippen LogP contribution >= 0.6 is 11.3 Å². The minimum Gasteiger partial charge on any atom is -0.326 e. The van der Waals surface area contributed by atoms with Crippen LogP contribution in [-0.2, 0) is 21.1 Å². The molecule has 5 aromatic rings. The Morgan fingerprint density at radius 3 is 2.62 bits per heavy atom. The van der Waals surface area contributed by atoms with Gasteiger partial charge in [0.05, 0.1) is 44.2 Å². The van der Waals surface area contributed by atoms with Crippen molar-refractivity contribution in [3.05, 3.63) is 83.6 Å². The molecule has 1 N–H and O–H groups in total. The first-order valence-corrected chi connectivity index (χ1v) is 14.3. The van der Waals surface area contributed by atoms with Crippen molar-refractivity contribution in [2.75, 3.05) is 11.1 Å². The van der Waals surface area contributed by atoms with Crippen molar-refractivity contribution < 1.29 is 13.2 Å². The average molecular weight is 532 g/mol. The van der Waals surface area contributed by atoms with Gasteiger partial charge in [0.2, 0.25) is 5.91 Å². The number of carbonyl (C=O) groups is 1. The molecule has 0 saturated carbocycles. The Labute approximate surface area is 218 Å². The van der Waals surface area contributed by atoms with Gasteiger partial charge in [0.25, 0.3) is 0 Å². The highest BCUT2D eigenvalue weighted by atomic mass is 32.2. The van der Waals surface area contributed by atoms with Crippen LogP contribution in [0.15, 0.2) is 77.1 Å². The van der Waals surface area contributed by atoms with Gasteiger partial charge in [0.1, 0.15) is 0 Å². The summed E-state index contributed by atoms with van der Waals surface area (Å²) < 4.78 is 27.3. The summed E-state index contributed by atoms with van der Waals surface area (Å²) >= 11 is 1.57. The number of sulfone groups is 1. The van der Waals surface area contributed by atoms with Crippen LogP contribution in [0.25, 0.3) is 27.3 Å². The molecule has 0 bridgehead atoms. The number of hydrogen-bond acceptors (Lipinski definition) is 7. The van der Waals surface area contributed by atoms with E-state index in [1.54, 1.807) is 28.2 Å². The van der Waals surface area contributed by atoms with Gasteiger partial charge >= 0.3 is 0 Å². The Morgan fingerprint density at radius 1 is 1.05 bits per heavy atom. The zero-order valence-corrected chi connectivity index (χ0v) is 22.0. The molecule has 0 radical (unpaired) electrons. The van der Waals surface area contributed by atoms with E-state index in [0.29, 0.717) is 23.6 Å². The molecular formula is C27H25N5O3S2. The molecule has 0 spiro atoms. The van der Waals surface area contributed by atoms with Crippen molar-refractivity contribution in [2.45, 2.75) is 31.6 Å². The van der Waals surface area contributed by atoms with Crippen LogP contribution in [0.4, 0.5) is 5.69 Å². The fourth-order valence-electron chi connectivity index (χ4n) is 4.06. The van der Waals surface area contributed by atoms with Crippen LogP contribution in [0.1, 0.15) is 24.7 Å². The van der Waals surface area contributed by atoms with Crippen molar-refractivity contribution in [3.8, 4) is 17.1 Å². The number of aromatic nitrogens is 4. The fraction of sp³-hybridized carbons (Fsp3) is 0.185. The highest BCUT2D eigenvalue weighted by Crippen LogP contribution is 2.29. The van der Waals surface area contributed by atoms with E-state index in [9.17, 15) is 13.2 Å². The molecule has 5 rings (SSSR count). The molecule has 10 heteroatoms. The van der Waals surface area contributed by atoms with E-state index in [1.165, 1.54) is 12.1 Å². The third kappa shape index (κ3) is 5.45. The Balaban J connectivity index is 1.41. The molecule has 8 nitrogen and oxygen atoms in total. The Bertz CT molecular complexity index is 1690. The van der Waals surface area contributed by atoms with Gasteiger partial charge in [-0.15, -0.1) is 11.3 Å². The Kier molecular flexibility index (Phi) is 6.86. The van der Waals surface area contributed by atoms with Crippen LogP contribution in [0, 0.1) is 6.92 Å². The van der Waals surface area contributed by atoms with Gasteiger partial charge in [-0.05, 0) is 67.9 Å². The van der Waals surface area contributed by atoms with E-state index in [-0.39, 0.29) is 23.0 Å². The van der Waals surface area contributed by atoms with Crippen molar-refractivity contribution in [1.82, 2.24) is 19.7 Å². The first-order chi connectivity index (χ1) is 17.8. The molecule has 0 aliphatic rings. The lowest BCUT2D eigenvalue weighted by Crippen LogP contribution is -2.15. The van der Waals surface area contributed by atoms with Crippen molar-refractivity contribution in [2.24, 2.45) is 0 Å². The number of pyridine rings is 1. The van der Waals surface area contributed by atoms with Gasteiger partial charge in [-0.25, -0.2) is 23.1 Å². The maximum absolute atomic E-state index is 12.9. The molecule has 3 aromatic heterocycles. The molecular weight excluding hydrogens is 506 g/mol. The van der Waals surface area contributed by atoms with E-state index in [1.807, 2.05) is 55.8 Å². The number of amides is 1. The first-order valence-electron chi connectivity index (χ1n) is 11.8. The largest absolute Gasteiger partial charge is 0.326 e. The van der Waals surface area contributed by atoms with Gasteiger partial charge < -0.3 is 5.32 Å². The van der Waals surface area contributed by atoms with Gasteiger partial charge in [0, 0.05) is 16.9 Å². The monoisotopic (exact) mass is 531 g/mol. The van der Waals surface area contributed by atoms with E-state index < -0.39 is 9.84 Å². The van der Waals surface area contributed by atoms with E-state index in [4.69, 9.17) is 5.10 Å². The second-order valence-corrected chi connectivity index (χ2v) is 11.7. The predicted octanol–water partition coefficient (Wildman–Crippen LogP) is 5.22. The summed E-state index contributed by atoms with van der Waals surface area (Å²) in [6, 6.07) is 19.9. The van der Waals surface area contributed by atoms with Crippen LogP contribution in [0.5, 0.6) is 0 Å². The molecule has 188 valence electrons. The van der Waals surface area contributed by atoms with Crippen molar-refractivity contribution >= 4 is 43.0 Å². The predicted molar refractivity (Wildman–Crippen MR) is 146 cm³/mol. The summed E-state index contributed by atoms with van der Waals surface area (Å²) in [7, 11) is -3.31. The van der Waals surface area contributed by atoms with Gasteiger partial charge in [0.15, 0.2) is 15.7 Å². The van der Waals surface area contributed by atoms with E-state index in [0.717, 1.165) is 27.2 Å². The summed E-state index contributed by atoms with van der Waals surface area (Å²) in [6.07, 6.45) is 0.593. The van der Waals surface area contributed by atoms with Crippen molar-refractivity contribution in [3.63, 3.8) is 0 Å². The lowest BCUT2D eigenvalue weighted by Gasteiger charge is -2.07. The lowest BCUT2D eigenvalue weighted by atomic mass is 10.1. The molecule has 0 unspecified atom stereocenters. The molecule has 0 saturated heterocycles. The summed E-state index contributed by atoms with van der Waals surface area (Å²) in [5, 5.41) is 7.55. The number of hydrogen-bond donors (Lipinski definition) is 1. The average Bonchev–Trinajstić information content (AvgIpc) is 3.51. The quantitative estimate of drug-likeness (QED) is 0.294. The Morgan fingerprint density at radius 2 is 1.86 bits per heavy atom. The summed E-state index contributed by atoms with van der Waals surface area (Å²) in [5.41, 5.74) is 6.49. The standard InChI is InChI=1S/C27H25N5O3S2/c1-3-13-37(34,35)22-10-8-20(9-11-22)30-27(33)16-21-15-24(19-7-12-23-25(14-19)36-17-28-23)32(31-21)26-6-4-5-18(2)29-26/h4-12,14-15,17H,3,13,16H2,1-2H3,(H,30,33). The van der Waals surface area contributed by atoms with Crippen LogP contribution in [0.2, 0.25) is 0 Å². The minimum absolute atomic E-state index is 0.0461. The number of benzene rings is 2. The number of nitrogens with zero attached hydrogens (tertiary/aromatic N) is 4. The normalized spacial score (nSPS) is 11.6. The number of fused-ring (bicyclic) bond motifs is 1. The molecule has 3 heterocycles. The number of rotatable bonds is 8. The molecule has 0 fully saturated rings. The van der Waals surface area contributed by atoms with Crippen LogP contribution in [0.3, 0.4) is 0 Å². The lowest BCUT2D eigenvalue weighted by molar-refractivity contribution is -0.115. The number of nitrogens with one attached hydrogen (secondary N) is 1. The molecule has 2 aromatic carbocycles. The van der Waals surface area contributed by atoms with Gasteiger partial charge in [-0.1, -0.05) is 19.1 Å². The van der Waals surface area contributed by atoms with Crippen LogP contribution < -0.4 is 5.32 Å². The second kappa shape index (κ2) is 10.2. The number of carbonyl (C=O) groups excluding carboxylic acids is 1. The maximum atomic E-state index is 12.9. The first kappa shape index (κ1) is 24.8. The molecule has 1 amide bonds. The summed E-state index contributed by atoms with van der Waals surface area (Å²) in [4.78, 5) is 22.1. The maximum Gasteiger partial charge on any atom is 0.230 e. The van der Waals surface area contributed by atoms with E-state index >= 15 is 0 Å². The van der Waals surface area contributed by atoms with Crippen LogP contribution in [-0.4, -0.2) is 39.8 Å². The zero-order chi connectivity index (χ0) is 26.0. The van der Waals surface area contributed by atoms with Gasteiger partial charge in [-0.2, -0.15) is 5.10 Å². The SMILES string of the molecule is CCCS(=O)(=O)c1ccc(NC(=O)Cc2cc(-c3ccc4ncsc4c3)n(-c3cccc(C)n3)n2)cc1.